The highest BCUT2D eigenvalue weighted by molar-refractivity contribution is 5.95. The van der Waals surface area contributed by atoms with Gasteiger partial charge in [0.15, 0.2) is 5.60 Å². The van der Waals surface area contributed by atoms with Gasteiger partial charge in [0.1, 0.15) is 11.5 Å². The minimum Gasteiger partial charge on any atom is -0.508 e. The fourth-order valence-electron chi connectivity index (χ4n) is 1.16. The van der Waals surface area contributed by atoms with E-state index >= 15 is 0 Å². The minimum absolute atomic E-state index is 0.0475. The van der Waals surface area contributed by atoms with Crippen LogP contribution in [-0.2, 0) is 4.79 Å². The number of benzene rings is 1. The number of aromatic hydroxyl groups is 2. The van der Waals surface area contributed by atoms with Crippen LogP contribution in [-0.4, -0.2) is 44.4 Å². The molecule has 0 aliphatic rings. The molecule has 1 rings (SSSR count). The van der Waals surface area contributed by atoms with Crippen LogP contribution in [0.25, 0.3) is 0 Å². The number of phenols is 2. The SMILES string of the molecule is CC(O)(CNC(=O)c1cc(O)cc(O)c1)C(=O)O. The van der Waals surface area contributed by atoms with E-state index < -0.39 is 24.0 Å². The summed E-state index contributed by atoms with van der Waals surface area (Å²) in [7, 11) is 0. The molecular formula is C11H13NO6. The molecule has 1 atom stereocenters. The lowest BCUT2D eigenvalue weighted by Crippen LogP contribution is -2.46. The summed E-state index contributed by atoms with van der Waals surface area (Å²) in [6, 6.07) is 3.25. The van der Waals surface area contributed by atoms with Crippen LogP contribution in [0.15, 0.2) is 18.2 Å². The summed E-state index contributed by atoms with van der Waals surface area (Å²) >= 11 is 0. The van der Waals surface area contributed by atoms with E-state index in [2.05, 4.69) is 5.32 Å². The quantitative estimate of drug-likeness (QED) is 0.501. The lowest BCUT2D eigenvalue weighted by Gasteiger charge is -2.18. The number of hydrogen-bond acceptors (Lipinski definition) is 5. The van der Waals surface area contributed by atoms with Crippen molar-refractivity contribution in [1.82, 2.24) is 5.32 Å². The molecule has 0 saturated heterocycles. The Morgan fingerprint density at radius 1 is 1.22 bits per heavy atom. The predicted octanol–water partition coefficient (Wildman–Crippen LogP) is -0.337. The summed E-state index contributed by atoms with van der Waals surface area (Å²) in [5, 5.41) is 38.5. The van der Waals surface area contributed by atoms with Crippen molar-refractivity contribution >= 4 is 11.9 Å². The standard InChI is InChI=1S/C11H13NO6/c1-11(18,10(16)17)5-12-9(15)6-2-7(13)4-8(14)3-6/h2-4,13-14,18H,5H2,1H3,(H,12,15)(H,16,17). The number of carboxylic acids is 1. The molecule has 0 bridgehead atoms. The molecule has 0 aromatic heterocycles. The second-order valence-corrected chi connectivity index (χ2v) is 4.00. The van der Waals surface area contributed by atoms with Crippen molar-refractivity contribution in [3.05, 3.63) is 23.8 Å². The molecule has 0 radical (unpaired) electrons. The van der Waals surface area contributed by atoms with Gasteiger partial charge in [-0.15, -0.1) is 0 Å². The zero-order chi connectivity index (χ0) is 13.9. The summed E-state index contributed by atoms with van der Waals surface area (Å²) < 4.78 is 0. The minimum atomic E-state index is -2.09. The van der Waals surface area contributed by atoms with Crippen LogP contribution >= 0.6 is 0 Å². The van der Waals surface area contributed by atoms with Gasteiger partial charge >= 0.3 is 5.97 Å². The number of aliphatic hydroxyl groups is 1. The molecule has 1 unspecified atom stereocenters. The van der Waals surface area contributed by atoms with Gasteiger partial charge in [-0.05, 0) is 19.1 Å². The molecule has 1 aromatic carbocycles. The van der Waals surface area contributed by atoms with E-state index in [1.54, 1.807) is 0 Å². The van der Waals surface area contributed by atoms with Crippen molar-refractivity contribution in [2.75, 3.05) is 6.54 Å². The van der Waals surface area contributed by atoms with E-state index in [4.69, 9.17) is 5.11 Å². The normalized spacial score (nSPS) is 13.7. The summed E-state index contributed by atoms with van der Waals surface area (Å²) in [5.74, 6) is -2.79. The molecule has 0 aliphatic carbocycles. The zero-order valence-electron chi connectivity index (χ0n) is 9.54. The number of amides is 1. The average molecular weight is 255 g/mol. The van der Waals surface area contributed by atoms with Crippen LogP contribution in [0.1, 0.15) is 17.3 Å². The second kappa shape index (κ2) is 4.92. The van der Waals surface area contributed by atoms with Crippen molar-refractivity contribution in [2.45, 2.75) is 12.5 Å². The molecule has 0 fully saturated rings. The van der Waals surface area contributed by atoms with Gasteiger partial charge < -0.3 is 25.7 Å². The molecular weight excluding hydrogens is 242 g/mol. The Morgan fingerprint density at radius 2 is 1.72 bits per heavy atom. The summed E-state index contributed by atoms with van der Waals surface area (Å²) in [5.41, 5.74) is -2.14. The summed E-state index contributed by atoms with van der Waals surface area (Å²) in [6.45, 7) is 0.535. The van der Waals surface area contributed by atoms with Gasteiger partial charge in [0.05, 0.1) is 6.54 Å². The van der Waals surface area contributed by atoms with Crippen molar-refractivity contribution in [3.63, 3.8) is 0 Å². The highest BCUT2D eigenvalue weighted by Gasteiger charge is 2.30. The van der Waals surface area contributed by atoms with Crippen LogP contribution in [0.2, 0.25) is 0 Å². The van der Waals surface area contributed by atoms with E-state index in [0.29, 0.717) is 0 Å². The Labute approximate surface area is 102 Å². The number of aliphatic carboxylic acids is 1. The Kier molecular flexibility index (Phi) is 3.77. The number of carbonyl (C=O) groups excluding carboxylic acids is 1. The Morgan fingerprint density at radius 3 is 2.17 bits per heavy atom. The van der Waals surface area contributed by atoms with Crippen molar-refractivity contribution < 1.29 is 30.0 Å². The number of phenolic OH excluding ortho intramolecular Hbond substituents is 2. The molecule has 0 heterocycles. The molecule has 0 saturated carbocycles. The first kappa shape index (κ1) is 13.8. The Bertz CT molecular complexity index is 462. The molecule has 1 aromatic rings. The van der Waals surface area contributed by atoms with Gasteiger partial charge in [0.2, 0.25) is 0 Å². The molecule has 18 heavy (non-hydrogen) atoms. The van der Waals surface area contributed by atoms with E-state index in [-0.39, 0.29) is 17.1 Å². The third-order valence-corrected chi connectivity index (χ3v) is 2.22. The molecule has 98 valence electrons. The van der Waals surface area contributed by atoms with Gasteiger partial charge in [0.25, 0.3) is 5.91 Å². The zero-order valence-corrected chi connectivity index (χ0v) is 9.54. The van der Waals surface area contributed by atoms with Crippen molar-refractivity contribution in [3.8, 4) is 11.5 Å². The maximum absolute atomic E-state index is 11.6. The maximum atomic E-state index is 11.6. The van der Waals surface area contributed by atoms with Crippen LogP contribution in [0.5, 0.6) is 11.5 Å². The Balaban J connectivity index is 2.75. The van der Waals surface area contributed by atoms with E-state index in [9.17, 15) is 24.9 Å². The first-order valence-electron chi connectivity index (χ1n) is 4.99. The number of nitrogens with one attached hydrogen (secondary N) is 1. The average Bonchev–Trinajstić information content (AvgIpc) is 2.24. The van der Waals surface area contributed by atoms with Gasteiger partial charge in [0, 0.05) is 11.6 Å². The van der Waals surface area contributed by atoms with E-state index in [1.807, 2.05) is 0 Å². The number of hydrogen-bond donors (Lipinski definition) is 5. The third kappa shape index (κ3) is 3.36. The number of carbonyl (C=O) groups is 2. The predicted molar refractivity (Wildman–Crippen MR) is 60.4 cm³/mol. The highest BCUT2D eigenvalue weighted by atomic mass is 16.4. The van der Waals surface area contributed by atoms with Crippen LogP contribution in [0, 0.1) is 0 Å². The van der Waals surface area contributed by atoms with Crippen LogP contribution in [0.3, 0.4) is 0 Å². The smallest absolute Gasteiger partial charge is 0.337 e. The van der Waals surface area contributed by atoms with E-state index in [1.165, 1.54) is 0 Å². The molecule has 7 nitrogen and oxygen atoms in total. The van der Waals surface area contributed by atoms with E-state index in [0.717, 1.165) is 25.1 Å². The molecule has 1 amide bonds. The first-order chi connectivity index (χ1) is 8.22. The maximum Gasteiger partial charge on any atom is 0.337 e. The monoisotopic (exact) mass is 255 g/mol. The molecule has 5 N–H and O–H groups in total. The Hall–Kier alpha value is -2.28. The van der Waals surface area contributed by atoms with Gasteiger partial charge in [-0.3, -0.25) is 4.79 Å². The van der Waals surface area contributed by atoms with Crippen molar-refractivity contribution in [2.24, 2.45) is 0 Å². The first-order valence-corrected chi connectivity index (χ1v) is 4.99. The lowest BCUT2D eigenvalue weighted by molar-refractivity contribution is -0.155. The number of carboxylic acid groups (broad SMARTS) is 1. The largest absolute Gasteiger partial charge is 0.508 e. The van der Waals surface area contributed by atoms with Crippen LogP contribution < -0.4 is 5.32 Å². The molecule has 0 aliphatic heterocycles. The van der Waals surface area contributed by atoms with Gasteiger partial charge in [-0.1, -0.05) is 0 Å². The number of rotatable bonds is 4. The van der Waals surface area contributed by atoms with Gasteiger partial charge in [-0.2, -0.15) is 0 Å². The molecule has 7 heteroatoms. The van der Waals surface area contributed by atoms with Gasteiger partial charge in [-0.25, -0.2) is 4.79 Å². The second-order valence-electron chi connectivity index (χ2n) is 4.00. The lowest BCUT2D eigenvalue weighted by atomic mass is 10.1. The van der Waals surface area contributed by atoms with Crippen molar-refractivity contribution in [1.29, 1.82) is 0 Å². The summed E-state index contributed by atoms with van der Waals surface area (Å²) in [6.07, 6.45) is 0. The third-order valence-electron chi connectivity index (χ3n) is 2.22. The highest BCUT2D eigenvalue weighted by Crippen LogP contribution is 2.20. The topological polar surface area (TPSA) is 127 Å². The fourth-order valence-corrected chi connectivity index (χ4v) is 1.16. The molecule has 0 spiro atoms. The summed E-state index contributed by atoms with van der Waals surface area (Å²) in [4.78, 5) is 22.2. The van der Waals surface area contributed by atoms with Crippen LogP contribution in [0.4, 0.5) is 0 Å². The fraction of sp³-hybridized carbons (Fsp3) is 0.273.